The lowest BCUT2D eigenvalue weighted by Crippen LogP contribution is -2.37. The van der Waals surface area contributed by atoms with Crippen molar-refractivity contribution >= 4 is 66.4 Å². The molecule has 0 aliphatic rings. The van der Waals surface area contributed by atoms with Gasteiger partial charge in [-0.2, -0.15) is 0 Å². The lowest BCUT2D eigenvalue weighted by atomic mass is 10.3. The van der Waals surface area contributed by atoms with Crippen LogP contribution < -0.4 is 9.62 Å². The third-order valence-electron chi connectivity index (χ3n) is 3.01. The van der Waals surface area contributed by atoms with Gasteiger partial charge < -0.3 is 5.32 Å². The van der Waals surface area contributed by atoms with Crippen LogP contribution in [0.3, 0.4) is 0 Å². The largest absolute Gasteiger partial charge is 0.323 e. The number of nitrogens with zero attached hydrogens (tertiary/aromatic N) is 1. The molecule has 0 saturated heterocycles. The molecule has 0 aromatic heterocycles. The monoisotopic (exact) mass is 450 g/mol. The lowest BCUT2D eigenvalue weighted by molar-refractivity contribution is -0.114. The van der Waals surface area contributed by atoms with Gasteiger partial charge in [0.2, 0.25) is 15.9 Å². The Morgan fingerprint density at radius 2 is 1.88 bits per heavy atom. The first-order valence-corrected chi connectivity index (χ1v) is 10.1. The molecule has 0 fully saturated rings. The maximum absolute atomic E-state index is 12.3. The van der Waals surface area contributed by atoms with Crippen molar-refractivity contribution in [3.8, 4) is 0 Å². The van der Waals surface area contributed by atoms with Crippen LogP contribution >= 0.6 is 39.1 Å². The molecule has 0 saturated carbocycles. The van der Waals surface area contributed by atoms with E-state index < -0.39 is 22.5 Å². The predicted octanol–water partition coefficient (Wildman–Crippen LogP) is 4.16. The molecule has 0 bridgehead atoms. The number of hydrogen-bond donors (Lipinski definition) is 1. The minimum Gasteiger partial charge on any atom is -0.323 e. The van der Waals surface area contributed by atoms with Gasteiger partial charge in [0, 0.05) is 4.47 Å². The van der Waals surface area contributed by atoms with Gasteiger partial charge in [0.1, 0.15) is 6.54 Å². The molecule has 9 heteroatoms. The smallest absolute Gasteiger partial charge is 0.245 e. The standard InChI is InChI=1S/C15H13BrCl2N2O3S/c1-24(22,23)20(11-5-2-4-10(16)8-11)9-14(21)19-13-7-3-6-12(17)15(13)18/h2-8H,9H2,1H3,(H,19,21). The normalized spacial score (nSPS) is 11.2. The number of rotatable bonds is 5. The Labute approximate surface area is 158 Å². The van der Waals surface area contributed by atoms with E-state index in [9.17, 15) is 13.2 Å². The Bertz CT molecular complexity index is 875. The van der Waals surface area contributed by atoms with Gasteiger partial charge in [0.25, 0.3) is 0 Å². The molecule has 128 valence electrons. The number of sulfonamides is 1. The minimum atomic E-state index is -3.65. The lowest BCUT2D eigenvalue weighted by Gasteiger charge is -2.22. The Morgan fingerprint density at radius 3 is 2.50 bits per heavy atom. The number of halogens is 3. The van der Waals surface area contributed by atoms with Gasteiger partial charge in [-0.25, -0.2) is 8.42 Å². The minimum absolute atomic E-state index is 0.195. The fourth-order valence-electron chi connectivity index (χ4n) is 1.95. The molecular formula is C15H13BrCl2N2O3S. The highest BCUT2D eigenvalue weighted by atomic mass is 79.9. The number of nitrogens with one attached hydrogen (secondary N) is 1. The Kier molecular flexibility index (Phi) is 6.14. The number of benzene rings is 2. The van der Waals surface area contributed by atoms with Gasteiger partial charge in [-0.3, -0.25) is 9.10 Å². The summed E-state index contributed by atoms with van der Waals surface area (Å²) in [5.74, 6) is -0.537. The molecule has 2 aromatic rings. The molecule has 2 rings (SSSR count). The van der Waals surface area contributed by atoms with Crippen LogP contribution in [-0.4, -0.2) is 27.1 Å². The third-order valence-corrected chi connectivity index (χ3v) is 5.46. The van der Waals surface area contributed by atoms with Crippen molar-refractivity contribution in [1.82, 2.24) is 0 Å². The van der Waals surface area contributed by atoms with Crippen molar-refractivity contribution in [3.63, 3.8) is 0 Å². The van der Waals surface area contributed by atoms with Crippen LogP contribution in [0.25, 0.3) is 0 Å². The highest BCUT2D eigenvalue weighted by molar-refractivity contribution is 9.10. The number of carbonyl (C=O) groups is 1. The molecule has 0 radical (unpaired) electrons. The summed E-state index contributed by atoms with van der Waals surface area (Å²) in [6.07, 6.45) is 1.04. The van der Waals surface area contributed by atoms with Crippen molar-refractivity contribution in [1.29, 1.82) is 0 Å². The van der Waals surface area contributed by atoms with Gasteiger partial charge >= 0.3 is 0 Å². The summed E-state index contributed by atoms with van der Waals surface area (Å²) < 4.78 is 25.8. The molecular weight excluding hydrogens is 439 g/mol. The van der Waals surface area contributed by atoms with E-state index in [0.717, 1.165) is 10.6 Å². The summed E-state index contributed by atoms with van der Waals surface area (Å²) in [4.78, 5) is 12.3. The van der Waals surface area contributed by atoms with E-state index in [-0.39, 0.29) is 5.02 Å². The number of hydrogen-bond acceptors (Lipinski definition) is 3. The summed E-state index contributed by atoms with van der Waals surface area (Å²) in [6.45, 7) is -0.391. The van der Waals surface area contributed by atoms with Crippen molar-refractivity contribution < 1.29 is 13.2 Å². The quantitative estimate of drug-likeness (QED) is 0.741. The first-order chi connectivity index (χ1) is 11.2. The highest BCUT2D eigenvalue weighted by Crippen LogP contribution is 2.29. The fourth-order valence-corrected chi connectivity index (χ4v) is 3.53. The van der Waals surface area contributed by atoms with Crippen LogP contribution in [0.1, 0.15) is 0 Å². The predicted molar refractivity (Wildman–Crippen MR) is 101 cm³/mol. The van der Waals surface area contributed by atoms with E-state index in [4.69, 9.17) is 23.2 Å². The summed E-state index contributed by atoms with van der Waals surface area (Å²) in [6, 6.07) is 11.5. The average Bonchev–Trinajstić information content (AvgIpc) is 2.48. The number of anilines is 2. The zero-order valence-electron chi connectivity index (χ0n) is 12.5. The number of carbonyl (C=O) groups excluding carboxylic acids is 1. The van der Waals surface area contributed by atoms with Crippen molar-refractivity contribution in [3.05, 3.63) is 57.0 Å². The zero-order valence-corrected chi connectivity index (χ0v) is 16.4. The Hall–Kier alpha value is -1.28. The van der Waals surface area contributed by atoms with Crippen LogP contribution in [0.5, 0.6) is 0 Å². The van der Waals surface area contributed by atoms with E-state index >= 15 is 0 Å². The average molecular weight is 452 g/mol. The van der Waals surface area contributed by atoms with Gasteiger partial charge in [-0.15, -0.1) is 0 Å². The van der Waals surface area contributed by atoms with E-state index in [1.165, 1.54) is 0 Å². The van der Waals surface area contributed by atoms with E-state index in [1.807, 2.05) is 0 Å². The maximum atomic E-state index is 12.3. The molecule has 1 amide bonds. The summed E-state index contributed by atoms with van der Waals surface area (Å²) in [5, 5.41) is 3.05. The van der Waals surface area contributed by atoms with Gasteiger partial charge in [-0.1, -0.05) is 51.3 Å². The molecule has 0 spiro atoms. The Morgan fingerprint density at radius 1 is 1.21 bits per heavy atom. The molecule has 24 heavy (non-hydrogen) atoms. The van der Waals surface area contributed by atoms with Crippen LogP contribution in [0, 0.1) is 0 Å². The van der Waals surface area contributed by atoms with Crippen LogP contribution in [0.2, 0.25) is 10.0 Å². The van der Waals surface area contributed by atoms with E-state index in [2.05, 4.69) is 21.2 Å². The van der Waals surface area contributed by atoms with Crippen LogP contribution in [-0.2, 0) is 14.8 Å². The molecule has 1 N–H and O–H groups in total. The molecule has 0 atom stereocenters. The molecule has 2 aromatic carbocycles. The third kappa shape index (κ3) is 4.86. The molecule has 0 unspecified atom stereocenters. The van der Waals surface area contributed by atoms with Crippen LogP contribution in [0.15, 0.2) is 46.9 Å². The van der Waals surface area contributed by atoms with Gasteiger partial charge in [0.15, 0.2) is 0 Å². The Balaban J connectivity index is 2.24. The van der Waals surface area contributed by atoms with Gasteiger partial charge in [-0.05, 0) is 30.3 Å². The highest BCUT2D eigenvalue weighted by Gasteiger charge is 2.21. The van der Waals surface area contributed by atoms with Crippen molar-refractivity contribution in [2.45, 2.75) is 0 Å². The number of amides is 1. The fraction of sp³-hybridized carbons (Fsp3) is 0.133. The first-order valence-electron chi connectivity index (χ1n) is 6.65. The molecule has 0 aliphatic heterocycles. The topological polar surface area (TPSA) is 66.5 Å². The van der Waals surface area contributed by atoms with E-state index in [0.29, 0.717) is 20.9 Å². The summed E-state index contributed by atoms with van der Waals surface area (Å²) >= 11 is 15.2. The molecule has 0 aliphatic carbocycles. The van der Waals surface area contributed by atoms with E-state index in [1.54, 1.807) is 42.5 Å². The maximum Gasteiger partial charge on any atom is 0.245 e. The zero-order chi connectivity index (χ0) is 17.9. The van der Waals surface area contributed by atoms with Crippen molar-refractivity contribution in [2.75, 3.05) is 22.4 Å². The molecule has 0 heterocycles. The molecule has 5 nitrogen and oxygen atoms in total. The summed E-state index contributed by atoms with van der Waals surface area (Å²) in [7, 11) is -3.65. The van der Waals surface area contributed by atoms with Crippen LogP contribution in [0.4, 0.5) is 11.4 Å². The summed E-state index contributed by atoms with van der Waals surface area (Å²) in [5.41, 5.74) is 0.691. The van der Waals surface area contributed by atoms with Gasteiger partial charge in [0.05, 0.1) is 27.7 Å². The van der Waals surface area contributed by atoms with Crippen molar-refractivity contribution in [2.24, 2.45) is 0 Å². The SMILES string of the molecule is CS(=O)(=O)N(CC(=O)Nc1cccc(Cl)c1Cl)c1cccc(Br)c1. The first kappa shape index (κ1) is 19.1. The second-order valence-electron chi connectivity index (χ2n) is 4.90. The second-order valence-corrected chi connectivity index (χ2v) is 8.51. The second kappa shape index (κ2) is 7.74.